The van der Waals surface area contributed by atoms with Crippen LogP contribution in [0.3, 0.4) is 0 Å². The molecule has 6 heteroatoms. The summed E-state index contributed by atoms with van der Waals surface area (Å²) >= 11 is 0. The molecule has 1 saturated carbocycles. The van der Waals surface area contributed by atoms with E-state index in [1.165, 1.54) is 0 Å². The van der Waals surface area contributed by atoms with Crippen molar-refractivity contribution in [2.75, 3.05) is 12.3 Å². The van der Waals surface area contributed by atoms with Gasteiger partial charge in [0, 0.05) is 18.3 Å². The average Bonchev–Trinajstić information content (AvgIpc) is 2.82. The summed E-state index contributed by atoms with van der Waals surface area (Å²) < 4.78 is 28.2. The summed E-state index contributed by atoms with van der Waals surface area (Å²) in [5, 5.41) is 9.34. The first-order valence-electron chi connectivity index (χ1n) is 7.27. The van der Waals surface area contributed by atoms with Crippen LogP contribution in [0.1, 0.15) is 36.0 Å². The highest BCUT2D eigenvalue weighted by atomic mass is 32.2. The van der Waals surface area contributed by atoms with E-state index in [9.17, 15) is 13.5 Å². The second-order valence-corrected chi connectivity index (χ2v) is 7.63. The molecule has 118 valence electrons. The van der Waals surface area contributed by atoms with Crippen molar-refractivity contribution < 1.29 is 13.5 Å². The zero-order valence-corrected chi connectivity index (χ0v) is 13.6. The molecular weight excluding hydrogens is 288 g/mol. The molecule has 0 aromatic heterocycles. The van der Waals surface area contributed by atoms with E-state index in [4.69, 9.17) is 5.73 Å². The number of benzene rings is 1. The molecule has 4 N–H and O–H groups in total. The summed E-state index contributed by atoms with van der Waals surface area (Å²) in [6, 6.07) is 1.61. The zero-order chi connectivity index (χ0) is 15.8. The van der Waals surface area contributed by atoms with Crippen molar-refractivity contribution in [3.63, 3.8) is 0 Å². The molecule has 0 saturated heterocycles. The third kappa shape index (κ3) is 3.07. The predicted octanol–water partition coefficient (Wildman–Crippen LogP) is 1.63. The van der Waals surface area contributed by atoms with E-state index < -0.39 is 10.0 Å². The lowest BCUT2D eigenvalue weighted by Gasteiger charge is -2.21. The van der Waals surface area contributed by atoms with Crippen LogP contribution in [-0.2, 0) is 10.0 Å². The number of hydrogen-bond donors (Lipinski definition) is 3. The summed E-state index contributed by atoms with van der Waals surface area (Å²) in [5.74, 6) is 0.00295. The van der Waals surface area contributed by atoms with Gasteiger partial charge in [0.15, 0.2) is 0 Å². The summed E-state index contributed by atoms with van der Waals surface area (Å²) in [7, 11) is -3.63. The van der Waals surface area contributed by atoms with E-state index in [1.54, 1.807) is 19.9 Å². The molecule has 2 rings (SSSR count). The van der Waals surface area contributed by atoms with E-state index >= 15 is 0 Å². The Bertz CT molecular complexity index is 641. The quantitative estimate of drug-likeness (QED) is 0.737. The summed E-state index contributed by atoms with van der Waals surface area (Å²) in [6.45, 7) is 5.41. The van der Waals surface area contributed by atoms with E-state index in [-0.39, 0.29) is 23.5 Å². The van der Waals surface area contributed by atoms with Gasteiger partial charge in [-0.15, -0.1) is 0 Å². The minimum atomic E-state index is -3.63. The molecule has 0 amide bonds. The Morgan fingerprint density at radius 2 is 1.95 bits per heavy atom. The Balaban J connectivity index is 2.39. The Labute approximate surface area is 126 Å². The van der Waals surface area contributed by atoms with Gasteiger partial charge in [-0.05, 0) is 56.2 Å². The summed E-state index contributed by atoms with van der Waals surface area (Å²) in [5.41, 5.74) is 8.68. The lowest BCUT2D eigenvalue weighted by molar-refractivity contribution is 0.213. The summed E-state index contributed by atoms with van der Waals surface area (Å²) in [4.78, 5) is 0.272. The minimum absolute atomic E-state index is 0.00295. The lowest BCUT2D eigenvalue weighted by Crippen LogP contribution is -2.39. The maximum atomic E-state index is 12.7. The van der Waals surface area contributed by atoms with Gasteiger partial charge >= 0.3 is 0 Å². The number of nitrogens with two attached hydrogens (primary N) is 1. The molecule has 1 aromatic rings. The molecule has 0 heterocycles. The number of aliphatic hydroxyl groups is 1. The van der Waals surface area contributed by atoms with Gasteiger partial charge in [-0.3, -0.25) is 0 Å². The third-order valence-electron chi connectivity index (χ3n) is 4.43. The van der Waals surface area contributed by atoms with Crippen LogP contribution in [0.5, 0.6) is 0 Å². The van der Waals surface area contributed by atoms with Crippen LogP contribution in [0.4, 0.5) is 5.69 Å². The first-order valence-corrected chi connectivity index (χ1v) is 8.75. The van der Waals surface area contributed by atoms with E-state index in [0.717, 1.165) is 24.8 Å². The highest BCUT2D eigenvalue weighted by Crippen LogP contribution is 2.31. The third-order valence-corrected chi connectivity index (χ3v) is 6.21. The summed E-state index contributed by atoms with van der Waals surface area (Å²) in [6.07, 6.45) is 2.56. The molecule has 21 heavy (non-hydrogen) atoms. The first kappa shape index (κ1) is 16.3. The molecule has 0 radical (unpaired) electrons. The van der Waals surface area contributed by atoms with E-state index in [1.807, 2.05) is 6.92 Å². The molecular formula is C15H24N2O3S. The van der Waals surface area contributed by atoms with Crippen LogP contribution in [0.2, 0.25) is 0 Å². The Kier molecular flexibility index (Phi) is 4.60. The van der Waals surface area contributed by atoms with Crippen molar-refractivity contribution >= 4 is 15.7 Å². The monoisotopic (exact) mass is 312 g/mol. The first-order chi connectivity index (χ1) is 9.77. The highest BCUT2D eigenvalue weighted by Gasteiger charge is 2.32. The van der Waals surface area contributed by atoms with Crippen molar-refractivity contribution in [2.45, 2.75) is 51.0 Å². The van der Waals surface area contributed by atoms with Gasteiger partial charge < -0.3 is 10.8 Å². The van der Waals surface area contributed by atoms with E-state index in [0.29, 0.717) is 16.8 Å². The number of sulfonamides is 1. The van der Waals surface area contributed by atoms with Gasteiger partial charge in [-0.25, -0.2) is 13.1 Å². The Hall–Kier alpha value is -1.11. The van der Waals surface area contributed by atoms with Crippen LogP contribution in [-0.4, -0.2) is 26.2 Å². The molecule has 1 aliphatic carbocycles. The fourth-order valence-corrected chi connectivity index (χ4v) is 5.09. The lowest BCUT2D eigenvalue weighted by atomic mass is 10.1. The Morgan fingerprint density at radius 1 is 1.29 bits per heavy atom. The molecule has 1 fully saturated rings. The largest absolute Gasteiger partial charge is 0.398 e. The molecule has 0 spiro atoms. The molecule has 5 nitrogen and oxygen atoms in total. The van der Waals surface area contributed by atoms with Gasteiger partial charge in [0.2, 0.25) is 10.0 Å². The van der Waals surface area contributed by atoms with Gasteiger partial charge in [-0.2, -0.15) is 0 Å². The highest BCUT2D eigenvalue weighted by molar-refractivity contribution is 7.89. The van der Waals surface area contributed by atoms with Crippen molar-refractivity contribution in [2.24, 2.45) is 5.92 Å². The standard InChI is InChI=1S/C15H24N2O3S/c1-9-7-10(2)15(11(3)14(9)16)21(19,20)17-13-6-4-5-12(13)8-18/h7,12-13,17-18H,4-6,8,16H2,1-3H3. The fraction of sp³-hybridized carbons (Fsp3) is 0.600. The normalized spacial score (nSPS) is 22.7. The van der Waals surface area contributed by atoms with Crippen molar-refractivity contribution in [1.82, 2.24) is 4.72 Å². The number of hydrogen-bond acceptors (Lipinski definition) is 4. The van der Waals surface area contributed by atoms with Gasteiger partial charge in [-0.1, -0.05) is 12.5 Å². The molecule has 0 bridgehead atoms. The van der Waals surface area contributed by atoms with Crippen molar-refractivity contribution in [3.05, 3.63) is 22.8 Å². The van der Waals surface area contributed by atoms with Crippen LogP contribution in [0.25, 0.3) is 0 Å². The smallest absolute Gasteiger partial charge is 0.241 e. The molecule has 1 aromatic carbocycles. The molecule has 1 aliphatic rings. The number of aliphatic hydroxyl groups excluding tert-OH is 1. The molecule has 2 unspecified atom stereocenters. The molecule has 2 atom stereocenters. The number of rotatable bonds is 4. The van der Waals surface area contributed by atoms with Crippen LogP contribution < -0.4 is 10.5 Å². The second-order valence-electron chi connectivity index (χ2n) is 5.98. The van der Waals surface area contributed by atoms with E-state index in [2.05, 4.69) is 4.72 Å². The van der Waals surface area contributed by atoms with Crippen molar-refractivity contribution in [3.8, 4) is 0 Å². The van der Waals surface area contributed by atoms with Crippen LogP contribution >= 0.6 is 0 Å². The number of aryl methyl sites for hydroxylation is 2. The fourth-order valence-electron chi connectivity index (χ4n) is 3.26. The second kappa shape index (κ2) is 5.94. The predicted molar refractivity (Wildman–Crippen MR) is 83.6 cm³/mol. The minimum Gasteiger partial charge on any atom is -0.398 e. The van der Waals surface area contributed by atoms with Gasteiger partial charge in [0.25, 0.3) is 0 Å². The van der Waals surface area contributed by atoms with Gasteiger partial charge in [0.1, 0.15) is 0 Å². The molecule has 0 aliphatic heterocycles. The van der Waals surface area contributed by atoms with Gasteiger partial charge in [0.05, 0.1) is 4.90 Å². The zero-order valence-electron chi connectivity index (χ0n) is 12.8. The number of anilines is 1. The van der Waals surface area contributed by atoms with Crippen molar-refractivity contribution in [1.29, 1.82) is 0 Å². The number of nitrogens with one attached hydrogen (secondary N) is 1. The van der Waals surface area contributed by atoms with Crippen LogP contribution in [0.15, 0.2) is 11.0 Å². The maximum absolute atomic E-state index is 12.7. The average molecular weight is 312 g/mol. The maximum Gasteiger partial charge on any atom is 0.241 e. The number of nitrogen functional groups attached to an aromatic ring is 1. The van der Waals surface area contributed by atoms with Crippen LogP contribution in [0, 0.1) is 26.7 Å². The topological polar surface area (TPSA) is 92.4 Å². The SMILES string of the molecule is Cc1cc(C)c(S(=O)(=O)NC2CCCC2CO)c(C)c1N. The Morgan fingerprint density at radius 3 is 2.57 bits per heavy atom.